The Bertz CT molecular complexity index is 203. The first-order valence-electron chi connectivity index (χ1n) is 4.83. The van der Waals surface area contributed by atoms with Gasteiger partial charge in [0.15, 0.2) is 0 Å². The van der Waals surface area contributed by atoms with Crippen molar-refractivity contribution in [3.63, 3.8) is 0 Å². The van der Waals surface area contributed by atoms with E-state index in [9.17, 15) is 5.11 Å². The minimum absolute atomic E-state index is 0.0853. The van der Waals surface area contributed by atoms with E-state index in [4.69, 9.17) is 5.26 Å². The third-order valence-electron chi connectivity index (χ3n) is 3.04. The molecule has 0 heterocycles. The van der Waals surface area contributed by atoms with Gasteiger partial charge in [0, 0.05) is 0 Å². The minimum Gasteiger partial charge on any atom is -0.388 e. The van der Waals surface area contributed by atoms with Crippen LogP contribution in [0.4, 0.5) is 0 Å². The Hall–Kier alpha value is -0.550. The van der Waals surface area contributed by atoms with E-state index in [1.165, 1.54) is 0 Å². The maximum Gasteiger partial charge on any atom is 0.0873 e. The van der Waals surface area contributed by atoms with Gasteiger partial charge in [0.1, 0.15) is 0 Å². The maximum atomic E-state index is 10.5. The van der Waals surface area contributed by atoms with Crippen molar-refractivity contribution in [3.05, 3.63) is 0 Å². The van der Waals surface area contributed by atoms with Crippen LogP contribution in [0.2, 0.25) is 0 Å². The van der Waals surface area contributed by atoms with Crippen LogP contribution in [0.5, 0.6) is 0 Å². The number of aliphatic hydroxyl groups is 1. The summed E-state index contributed by atoms with van der Waals surface area (Å²) in [4.78, 5) is 0. The van der Waals surface area contributed by atoms with E-state index in [0.717, 1.165) is 0 Å². The number of hydrogen-bond donors (Lipinski definition) is 1. The lowest BCUT2D eigenvalue weighted by Crippen LogP contribution is -2.52. The summed E-state index contributed by atoms with van der Waals surface area (Å²) in [6, 6.07) is 2.19. The van der Waals surface area contributed by atoms with E-state index in [2.05, 4.69) is 6.07 Å². The van der Waals surface area contributed by atoms with Gasteiger partial charge in [0.05, 0.1) is 17.1 Å². The average Bonchev–Trinajstić information content (AvgIpc) is 2.01. The lowest BCUT2D eigenvalue weighted by Gasteiger charge is -2.44. The largest absolute Gasteiger partial charge is 0.388 e. The van der Waals surface area contributed by atoms with Crippen molar-refractivity contribution >= 4 is 0 Å². The molecule has 0 aliphatic heterocycles. The first-order chi connectivity index (χ1) is 5.70. The molecule has 0 aliphatic carbocycles. The Morgan fingerprint density at radius 2 is 1.38 bits per heavy atom. The Labute approximate surface area is 81.6 Å². The Morgan fingerprint density at radius 1 is 1.08 bits per heavy atom. The standard InChI is InChI=1S/C11H21NO/c1-8(2)11(13,9(3)4)10(5,6)7-12/h8-9,13H,1-6H3. The van der Waals surface area contributed by atoms with Crippen molar-refractivity contribution in [3.8, 4) is 6.07 Å². The number of rotatable bonds is 3. The first kappa shape index (κ1) is 12.4. The predicted molar refractivity (Wildman–Crippen MR) is 54.0 cm³/mol. The molecule has 0 radical (unpaired) electrons. The van der Waals surface area contributed by atoms with E-state index in [1.54, 1.807) is 13.8 Å². The summed E-state index contributed by atoms with van der Waals surface area (Å²) in [5.41, 5.74) is -1.61. The van der Waals surface area contributed by atoms with Crippen LogP contribution in [0, 0.1) is 28.6 Å². The summed E-state index contributed by atoms with van der Waals surface area (Å²) in [5, 5.41) is 19.5. The fraction of sp³-hybridized carbons (Fsp3) is 0.909. The van der Waals surface area contributed by atoms with E-state index in [-0.39, 0.29) is 11.8 Å². The third kappa shape index (κ3) is 1.86. The molecule has 0 bridgehead atoms. The zero-order valence-electron chi connectivity index (χ0n) is 9.55. The number of nitrogens with zero attached hydrogens (tertiary/aromatic N) is 1. The maximum absolute atomic E-state index is 10.5. The average molecular weight is 183 g/mol. The third-order valence-corrected chi connectivity index (χ3v) is 3.04. The number of hydrogen-bond acceptors (Lipinski definition) is 2. The molecule has 0 atom stereocenters. The molecule has 1 N–H and O–H groups in total. The molecule has 0 saturated carbocycles. The molecule has 76 valence electrons. The molecule has 0 aromatic heterocycles. The van der Waals surface area contributed by atoms with Crippen molar-refractivity contribution in [2.45, 2.75) is 47.1 Å². The molecule has 0 aromatic carbocycles. The van der Waals surface area contributed by atoms with Gasteiger partial charge in [0.2, 0.25) is 0 Å². The van der Waals surface area contributed by atoms with Crippen LogP contribution >= 0.6 is 0 Å². The zero-order chi connectivity index (χ0) is 10.9. The zero-order valence-corrected chi connectivity index (χ0v) is 9.55. The first-order valence-corrected chi connectivity index (χ1v) is 4.83. The highest BCUT2D eigenvalue weighted by Crippen LogP contribution is 2.41. The molecule has 0 fully saturated rings. The highest BCUT2D eigenvalue weighted by molar-refractivity contribution is 5.09. The van der Waals surface area contributed by atoms with Crippen molar-refractivity contribution < 1.29 is 5.11 Å². The van der Waals surface area contributed by atoms with Gasteiger partial charge in [-0.3, -0.25) is 0 Å². The van der Waals surface area contributed by atoms with Crippen LogP contribution in [0.3, 0.4) is 0 Å². The van der Waals surface area contributed by atoms with Crippen molar-refractivity contribution in [1.29, 1.82) is 5.26 Å². The second kappa shape index (κ2) is 3.67. The molecule has 0 saturated heterocycles. The Morgan fingerprint density at radius 3 is 1.46 bits per heavy atom. The van der Waals surface area contributed by atoms with Crippen molar-refractivity contribution in [2.24, 2.45) is 17.3 Å². The van der Waals surface area contributed by atoms with E-state index >= 15 is 0 Å². The lowest BCUT2D eigenvalue weighted by atomic mass is 9.64. The van der Waals surface area contributed by atoms with Crippen molar-refractivity contribution in [1.82, 2.24) is 0 Å². The van der Waals surface area contributed by atoms with Gasteiger partial charge in [-0.05, 0) is 25.7 Å². The highest BCUT2D eigenvalue weighted by atomic mass is 16.3. The van der Waals surface area contributed by atoms with Crippen LogP contribution in [-0.4, -0.2) is 10.7 Å². The molecule has 0 unspecified atom stereocenters. The molecular weight excluding hydrogens is 162 g/mol. The van der Waals surface area contributed by atoms with Gasteiger partial charge >= 0.3 is 0 Å². The number of nitriles is 1. The van der Waals surface area contributed by atoms with Crippen molar-refractivity contribution in [2.75, 3.05) is 0 Å². The summed E-state index contributed by atoms with van der Waals surface area (Å²) in [7, 11) is 0. The summed E-state index contributed by atoms with van der Waals surface area (Å²) >= 11 is 0. The molecule has 0 aliphatic rings. The van der Waals surface area contributed by atoms with Crippen LogP contribution in [0.1, 0.15) is 41.5 Å². The Kier molecular flexibility index (Phi) is 3.52. The lowest BCUT2D eigenvalue weighted by molar-refractivity contribution is -0.113. The van der Waals surface area contributed by atoms with Crippen LogP contribution in [0.25, 0.3) is 0 Å². The van der Waals surface area contributed by atoms with E-state index < -0.39 is 11.0 Å². The van der Waals surface area contributed by atoms with Crippen LogP contribution in [0.15, 0.2) is 0 Å². The minimum atomic E-state index is -0.915. The topological polar surface area (TPSA) is 44.0 Å². The molecule has 0 aromatic rings. The second-order valence-corrected chi connectivity index (χ2v) is 4.87. The molecule has 0 spiro atoms. The monoisotopic (exact) mass is 183 g/mol. The SMILES string of the molecule is CC(C)C(O)(C(C)C)C(C)(C)C#N. The van der Waals surface area contributed by atoms with Crippen LogP contribution < -0.4 is 0 Å². The summed E-state index contributed by atoms with van der Waals surface area (Å²) in [6.07, 6.45) is 0. The normalized spacial score (nSPS) is 13.5. The quantitative estimate of drug-likeness (QED) is 0.730. The van der Waals surface area contributed by atoms with Gasteiger partial charge in [-0.2, -0.15) is 5.26 Å². The molecule has 2 heteroatoms. The Balaban J connectivity index is 5.16. The van der Waals surface area contributed by atoms with Crippen LogP contribution in [-0.2, 0) is 0 Å². The smallest absolute Gasteiger partial charge is 0.0873 e. The second-order valence-electron chi connectivity index (χ2n) is 4.87. The predicted octanol–water partition coefficient (Wildman–Crippen LogP) is 2.58. The highest BCUT2D eigenvalue weighted by Gasteiger charge is 2.48. The van der Waals surface area contributed by atoms with E-state index in [0.29, 0.717) is 0 Å². The van der Waals surface area contributed by atoms with Gasteiger partial charge < -0.3 is 5.11 Å². The summed E-state index contributed by atoms with van der Waals surface area (Å²) < 4.78 is 0. The van der Waals surface area contributed by atoms with E-state index in [1.807, 2.05) is 27.7 Å². The molecule has 13 heavy (non-hydrogen) atoms. The molecule has 0 amide bonds. The van der Waals surface area contributed by atoms with Gasteiger partial charge in [-0.1, -0.05) is 27.7 Å². The fourth-order valence-electron chi connectivity index (χ4n) is 2.20. The molecule has 2 nitrogen and oxygen atoms in total. The summed E-state index contributed by atoms with van der Waals surface area (Å²) in [5.74, 6) is 0.171. The van der Waals surface area contributed by atoms with Gasteiger partial charge in [-0.15, -0.1) is 0 Å². The fourth-order valence-corrected chi connectivity index (χ4v) is 2.20. The molecule has 0 rings (SSSR count). The van der Waals surface area contributed by atoms with Gasteiger partial charge in [-0.25, -0.2) is 0 Å². The molecular formula is C11H21NO. The van der Waals surface area contributed by atoms with Gasteiger partial charge in [0.25, 0.3) is 0 Å². The summed E-state index contributed by atoms with van der Waals surface area (Å²) in [6.45, 7) is 11.4.